The van der Waals surface area contributed by atoms with E-state index in [0.717, 1.165) is 61.7 Å². The number of hydrogen-bond acceptors (Lipinski definition) is 3. The minimum Gasteiger partial charge on any atom is -0.297 e. The zero-order valence-corrected chi connectivity index (χ0v) is 16.8. The molecule has 0 radical (unpaired) electrons. The molecule has 0 saturated carbocycles. The first kappa shape index (κ1) is 20.3. The van der Waals surface area contributed by atoms with Crippen LogP contribution < -0.4 is 0 Å². The van der Waals surface area contributed by atoms with Gasteiger partial charge in [-0.15, -0.1) is 6.42 Å². The van der Waals surface area contributed by atoms with Crippen LogP contribution in [0.15, 0.2) is 58.3 Å². The average Bonchev–Trinajstić information content (AvgIpc) is 3.38. The molecule has 0 bridgehead atoms. The molecule has 0 spiro atoms. The van der Waals surface area contributed by atoms with E-state index in [2.05, 4.69) is 27.4 Å². The molecule has 3 nitrogen and oxygen atoms in total. The lowest BCUT2D eigenvalue weighted by atomic mass is 10.00. The Hall–Kier alpha value is -2.48. The van der Waals surface area contributed by atoms with Gasteiger partial charge in [-0.3, -0.25) is 14.8 Å². The molecule has 1 aromatic rings. The molecule has 1 fully saturated rings. The summed E-state index contributed by atoms with van der Waals surface area (Å²) in [4.78, 5) is 8.99. The fraction of sp³-hybridized carbons (Fsp3) is 0.375. The summed E-state index contributed by atoms with van der Waals surface area (Å²) < 4.78 is 13.4. The summed E-state index contributed by atoms with van der Waals surface area (Å²) in [5, 5.41) is 0. The zero-order valence-electron chi connectivity index (χ0n) is 16.8. The molecule has 1 atom stereocenters. The number of halogens is 1. The Labute approximate surface area is 167 Å². The van der Waals surface area contributed by atoms with Crippen LogP contribution in [-0.2, 0) is 0 Å². The predicted octanol–water partition coefficient (Wildman–Crippen LogP) is 3.94. The van der Waals surface area contributed by atoms with Crippen molar-refractivity contribution in [1.29, 1.82) is 0 Å². The van der Waals surface area contributed by atoms with Crippen molar-refractivity contribution in [2.75, 3.05) is 39.3 Å². The van der Waals surface area contributed by atoms with Crippen LogP contribution in [-0.4, -0.2) is 55.8 Å². The van der Waals surface area contributed by atoms with E-state index in [4.69, 9.17) is 6.42 Å². The Kier molecular flexibility index (Phi) is 6.61. The lowest BCUT2D eigenvalue weighted by Crippen LogP contribution is -2.47. The molecule has 0 aromatic heterocycles. The van der Waals surface area contributed by atoms with Crippen molar-refractivity contribution < 1.29 is 4.39 Å². The monoisotopic (exact) mass is 377 g/mol. The summed E-state index contributed by atoms with van der Waals surface area (Å²) in [6, 6.07) is 4.99. The van der Waals surface area contributed by atoms with E-state index in [9.17, 15) is 4.39 Å². The molecule has 28 heavy (non-hydrogen) atoms. The third-order valence-corrected chi connectivity index (χ3v) is 5.53. The Bertz CT molecular complexity index is 864. The van der Waals surface area contributed by atoms with Crippen LogP contribution in [0.2, 0.25) is 0 Å². The van der Waals surface area contributed by atoms with Gasteiger partial charge in [-0.1, -0.05) is 24.1 Å². The van der Waals surface area contributed by atoms with Crippen LogP contribution in [0.5, 0.6) is 0 Å². The maximum atomic E-state index is 13.4. The van der Waals surface area contributed by atoms with Gasteiger partial charge in [-0.2, -0.15) is 0 Å². The smallest absolute Gasteiger partial charge is 0.123 e. The Balaban J connectivity index is 1.55. The number of aryl methyl sites for hydroxylation is 1. The normalized spacial score (nSPS) is 21.2. The SMILES string of the molecule is C#CC1=C(CN2CCN(C/C(=C/C=C\C)N=C)CC2)C1c1ccc(F)cc1C. The van der Waals surface area contributed by atoms with Crippen LogP contribution in [0.3, 0.4) is 0 Å². The standard InChI is InChI=1S/C24H28FN3/c1-5-7-8-20(26-4)16-27-11-13-28(14-12-27)17-23-21(6-2)24(23)22-10-9-19(25)15-18(22)3/h2,5,7-10,15,24H,4,11-14,16-17H2,1,3H3/b7-5-,20-8-. The first-order chi connectivity index (χ1) is 13.6. The molecule has 146 valence electrons. The van der Waals surface area contributed by atoms with Crippen LogP contribution in [0.4, 0.5) is 4.39 Å². The predicted molar refractivity (Wildman–Crippen MR) is 115 cm³/mol. The lowest BCUT2D eigenvalue weighted by molar-refractivity contribution is 0.149. The van der Waals surface area contributed by atoms with Crippen LogP contribution in [0.1, 0.15) is 24.0 Å². The highest BCUT2D eigenvalue weighted by molar-refractivity contribution is 5.63. The summed E-state index contributed by atoms with van der Waals surface area (Å²) >= 11 is 0. The number of allylic oxidation sites excluding steroid dienone is 4. The van der Waals surface area contributed by atoms with Crippen LogP contribution >= 0.6 is 0 Å². The van der Waals surface area contributed by atoms with Crippen molar-refractivity contribution in [3.63, 3.8) is 0 Å². The molecule has 4 heteroatoms. The highest BCUT2D eigenvalue weighted by atomic mass is 19.1. The van der Waals surface area contributed by atoms with E-state index >= 15 is 0 Å². The molecule has 1 unspecified atom stereocenters. The Morgan fingerprint density at radius 2 is 2.04 bits per heavy atom. The van der Waals surface area contributed by atoms with Crippen molar-refractivity contribution in [2.45, 2.75) is 19.8 Å². The van der Waals surface area contributed by atoms with Gasteiger partial charge in [-0.25, -0.2) is 4.39 Å². The number of terminal acetylenes is 1. The van der Waals surface area contributed by atoms with E-state index in [-0.39, 0.29) is 11.7 Å². The van der Waals surface area contributed by atoms with Gasteiger partial charge in [0.1, 0.15) is 5.82 Å². The third-order valence-electron chi connectivity index (χ3n) is 5.53. The number of rotatable bonds is 7. The number of hydrogen-bond donors (Lipinski definition) is 0. The number of piperazine rings is 1. The Morgan fingerprint density at radius 1 is 1.32 bits per heavy atom. The molecule has 1 saturated heterocycles. The highest BCUT2D eigenvalue weighted by Gasteiger charge is 2.38. The average molecular weight is 378 g/mol. The minimum absolute atomic E-state index is 0.196. The van der Waals surface area contributed by atoms with Gasteiger partial charge in [0.05, 0.1) is 5.70 Å². The van der Waals surface area contributed by atoms with Crippen molar-refractivity contribution in [3.05, 3.63) is 70.2 Å². The summed E-state index contributed by atoms with van der Waals surface area (Å²) in [5.41, 5.74) is 5.49. The molecule has 1 aromatic carbocycles. The fourth-order valence-electron chi connectivity index (χ4n) is 3.86. The number of aliphatic imine (C=N–C) groups is 1. The molecule has 0 N–H and O–H groups in total. The maximum absolute atomic E-state index is 13.4. The zero-order chi connectivity index (χ0) is 20.1. The van der Waals surface area contributed by atoms with Crippen LogP contribution in [0.25, 0.3) is 0 Å². The second-order valence-corrected chi connectivity index (χ2v) is 7.41. The summed E-state index contributed by atoms with van der Waals surface area (Å²) in [7, 11) is 0. The maximum Gasteiger partial charge on any atom is 0.123 e. The second-order valence-electron chi connectivity index (χ2n) is 7.41. The number of nitrogens with zero attached hydrogens (tertiary/aromatic N) is 3. The molecular weight excluding hydrogens is 349 g/mol. The molecule has 0 amide bonds. The van der Waals surface area contributed by atoms with Gasteiger partial charge in [0.2, 0.25) is 0 Å². The molecule has 1 aliphatic carbocycles. The van der Waals surface area contributed by atoms with E-state index < -0.39 is 0 Å². The van der Waals surface area contributed by atoms with E-state index in [1.165, 1.54) is 11.6 Å². The fourth-order valence-corrected chi connectivity index (χ4v) is 3.86. The minimum atomic E-state index is -0.196. The summed E-state index contributed by atoms with van der Waals surface area (Å²) in [6.45, 7) is 13.4. The number of benzene rings is 1. The van der Waals surface area contributed by atoms with E-state index in [1.807, 2.05) is 38.1 Å². The quantitative estimate of drug-likeness (QED) is 0.407. The van der Waals surface area contributed by atoms with Crippen molar-refractivity contribution in [2.24, 2.45) is 4.99 Å². The van der Waals surface area contributed by atoms with Gasteiger partial charge >= 0.3 is 0 Å². The van der Waals surface area contributed by atoms with Crippen molar-refractivity contribution >= 4 is 6.72 Å². The van der Waals surface area contributed by atoms with E-state index in [0.29, 0.717) is 0 Å². The molecule has 1 aliphatic heterocycles. The van der Waals surface area contributed by atoms with Gasteiger partial charge in [0, 0.05) is 50.8 Å². The third kappa shape index (κ3) is 4.67. The molecule has 1 heterocycles. The topological polar surface area (TPSA) is 18.8 Å². The lowest BCUT2D eigenvalue weighted by Gasteiger charge is -2.34. The summed E-state index contributed by atoms with van der Waals surface area (Å²) in [5.74, 6) is 2.85. The first-order valence-electron chi connectivity index (χ1n) is 9.76. The molecule has 3 rings (SSSR count). The van der Waals surface area contributed by atoms with Gasteiger partial charge in [0.15, 0.2) is 0 Å². The Morgan fingerprint density at radius 3 is 2.64 bits per heavy atom. The molecular formula is C24H28FN3. The summed E-state index contributed by atoms with van der Waals surface area (Å²) in [6.07, 6.45) is 11.7. The van der Waals surface area contributed by atoms with Gasteiger partial charge in [0.25, 0.3) is 0 Å². The van der Waals surface area contributed by atoms with Crippen molar-refractivity contribution in [3.8, 4) is 12.3 Å². The van der Waals surface area contributed by atoms with E-state index in [1.54, 1.807) is 6.07 Å². The second kappa shape index (κ2) is 9.14. The van der Waals surface area contributed by atoms with Crippen molar-refractivity contribution in [1.82, 2.24) is 9.80 Å². The highest BCUT2D eigenvalue weighted by Crippen LogP contribution is 2.48. The first-order valence-corrected chi connectivity index (χ1v) is 9.76. The molecule has 2 aliphatic rings. The van der Waals surface area contributed by atoms with Gasteiger partial charge < -0.3 is 0 Å². The van der Waals surface area contributed by atoms with Crippen LogP contribution in [0, 0.1) is 25.1 Å². The largest absolute Gasteiger partial charge is 0.297 e. The van der Waals surface area contributed by atoms with Gasteiger partial charge in [-0.05, 0) is 55.5 Å².